The monoisotopic (exact) mass is 841 g/mol. The normalized spacial score (nSPS) is 16.6. The second-order valence-corrected chi connectivity index (χ2v) is 20.5. The third kappa shape index (κ3) is 9.18. The number of rotatable bonds is 11. The molecule has 0 fully saturated rings. The summed E-state index contributed by atoms with van der Waals surface area (Å²) in [5.41, 5.74) is 15.1. The molecule has 3 unspecified atom stereocenters. The van der Waals surface area contributed by atoms with Gasteiger partial charge >= 0.3 is 0 Å². The number of hydrogen-bond donors (Lipinski definition) is 0. The molecule has 64 heavy (non-hydrogen) atoms. The summed E-state index contributed by atoms with van der Waals surface area (Å²) in [6.45, 7) is 18.1. The molecule has 7 aromatic rings. The molecular formula is C61H64N2O. The van der Waals surface area contributed by atoms with E-state index in [9.17, 15) is 0 Å². The van der Waals surface area contributed by atoms with E-state index in [1.165, 1.54) is 73.3 Å². The molecule has 1 heterocycles. The molecule has 324 valence electrons. The molecule has 2 aliphatic rings. The van der Waals surface area contributed by atoms with E-state index in [4.69, 9.17) is 4.74 Å². The number of aromatic nitrogens is 1. The van der Waals surface area contributed by atoms with Crippen molar-refractivity contribution in [2.24, 2.45) is 11.3 Å². The summed E-state index contributed by atoms with van der Waals surface area (Å²) in [5, 5.41) is 1.31. The van der Waals surface area contributed by atoms with Crippen LogP contribution in [-0.2, 0) is 6.42 Å². The molecule has 1 aromatic heterocycles. The van der Waals surface area contributed by atoms with E-state index in [-0.39, 0.29) is 23.0 Å². The Bertz CT molecular complexity index is 2790. The average molecular weight is 841 g/mol. The number of anilines is 2. The maximum absolute atomic E-state index is 6.23. The van der Waals surface area contributed by atoms with Crippen LogP contribution in [0.2, 0.25) is 0 Å². The maximum Gasteiger partial charge on any atom is 0.120 e. The fourth-order valence-corrected chi connectivity index (χ4v) is 9.95. The summed E-state index contributed by atoms with van der Waals surface area (Å²) < 4.78 is 8.68. The van der Waals surface area contributed by atoms with Crippen LogP contribution in [0, 0.1) is 11.3 Å². The van der Waals surface area contributed by atoms with Gasteiger partial charge in [-0.2, -0.15) is 0 Å². The lowest BCUT2D eigenvalue weighted by Crippen LogP contribution is -2.29. The minimum absolute atomic E-state index is 0.201. The molecule has 0 N–H and O–H groups in total. The van der Waals surface area contributed by atoms with Gasteiger partial charge in [-0.3, -0.25) is 0 Å². The van der Waals surface area contributed by atoms with Gasteiger partial charge < -0.3 is 14.2 Å². The molecule has 9 rings (SSSR count). The van der Waals surface area contributed by atoms with Crippen molar-refractivity contribution in [3.8, 4) is 33.7 Å². The molecule has 0 bridgehead atoms. The second kappa shape index (κ2) is 17.7. The Kier molecular flexibility index (Phi) is 11.9. The Labute approximate surface area is 382 Å². The minimum Gasteiger partial charge on any atom is -0.488 e. The van der Waals surface area contributed by atoms with Crippen molar-refractivity contribution in [3.05, 3.63) is 198 Å². The predicted molar refractivity (Wildman–Crippen MR) is 273 cm³/mol. The zero-order chi connectivity index (χ0) is 44.6. The molecule has 0 aliphatic heterocycles. The summed E-state index contributed by atoms with van der Waals surface area (Å²) in [5.74, 6) is 2.29. The van der Waals surface area contributed by atoms with E-state index in [0.29, 0.717) is 11.8 Å². The highest BCUT2D eigenvalue weighted by molar-refractivity contribution is 5.94. The SMILES string of the molecule is CC(C)CC(c1ccc(-c2ccc3c(c2)c2c(n3-c3ccc(OC(C)(C)C)cc3)C=CC(c3ccc(N(c4ccc(-c5ccccc5)cc4)C4C=CC=CC4)cc3)C2)cc1)C(C)(C)C. The summed E-state index contributed by atoms with van der Waals surface area (Å²) in [6, 6.07) is 54.4. The van der Waals surface area contributed by atoms with Crippen LogP contribution in [-0.4, -0.2) is 16.2 Å². The van der Waals surface area contributed by atoms with E-state index in [2.05, 4.69) is 247 Å². The van der Waals surface area contributed by atoms with Crippen LogP contribution in [0.25, 0.3) is 44.9 Å². The Morgan fingerprint density at radius 2 is 1.28 bits per heavy atom. The molecule has 2 aliphatic carbocycles. The number of fused-ring (bicyclic) bond motifs is 3. The molecule has 3 atom stereocenters. The highest BCUT2D eigenvalue weighted by Crippen LogP contribution is 2.43. The first kappa shape index (κ1) is 43.0. The molecule has 3 heteroatoms. The van der Waals surface area contributed by atoms with Crippen LogP contribution < -0.4 is 9.64 Å². The molecule has 0 radical (unpaired) electrons. The lowest BCUT2D eigenvalue weighted by molar-refractivity contribution is 0.131. The lowest BCUT2D eigenvalue weighted by Gasteiger charge is -2.33. The third-order valence-electron chi connectivity index (χ3n) is 13.1. The van der Waals surface area contributed by atoms with Gasteiger partial charge in [0, 0.05) is 34.1 Å². The number of benzene rings is 6. The van der Waals surface area contributed by atoms with E-state index < -0.39 is 0 Å². The first-order valence-corrected chi connectivity index (χ1v) is 23.4. The van der Waals surface area contributed by atoms with Crippen LogP contribution in [0.1, 0.15) is 102 Å². The molecule has 0 spiro atoms. The lowest BCUT2D eigenvalue weighted by atomic mass is 9.72. The smallest absolute Gasteiger partial charge is 0.120 e. The fourth-order valence-electron chi connectivity index (χ4n) is 9.95. The fraction of sp³-hybridized carbons (Fsp3) is 0.279. The molecule has 3 nitrogen and oxygen atoms in total. The van der Waals surface area contributed by atoms with Gasteiger partial charge in [-0.1, -0.05) is 150 Å². The van der Waals surface area contributed by atoms with Gasteiger partial charge in [0.05, 0.1) is 11.6 Å². The molecule has 0 saturated carbocycles. The van der Waals surface area contributed by atoms with Crippen molar-refractivity contribution in [1.29, 1.82) is 0 Å². The number of allylic oxidation sites excluding steroid dienone is 3. The molecule has 0 amide bonds. The first-order chi connectivity index (χ1) is 30.8. The van der Waals surface area contributed by atoms with E-state index in [1.807, 2.05) is 0 Å². The highest BCUT2D eigenvalue weighted by atomic mass is 16.5. The van der Waals surface area contributed by atoms with Crippen molar-refractivity contribution in [1.82, 2.24) is 4.57 Å². The first-order valence-electron chi connectivity index (χ1n) is 23.4. The van der Waals surface area contributed by atoms with Crippen molar-refractivity contribution in [2.75, 3.05) is 4.90 Å². The van der Waals surface area contributed by atoms with Gasteiger partial charge in [0.2, 0.25) is 0 Å². The van der Waals surface area contributed by atoms with Crippen molar-refractivity contribution in [3.63, 3.8) is 0 Å². The molecular weight excluding hydrogens is 777 g/mol. The average Bonchev–Trinajstić information content (AvgIpc) is 3.62. The van der Waals surface area contributed by atoms with Crippen molar-refractivity contribution < 1.29 is 4.74 Å². The quantitative estimate of drug-likeness (QED) is 0.129. The summed E-state index contributed by atoms with van der Waals surface area (Å²) in [6.07, 6.45) is 16.8. The highest BCUT2D eigenvalue weighted by Gasteiger charge is 2.28. The maximum atomic E-state index is 6.23. The Morgan fingerprint density at radius 3 is 1.91 bits per heavy atom. The van der Waals surface area contributed by atoms with Gasteiger partial charge in [0.25, 0.3) is 0 Å². The van der Waals surface area contributed by atoms with Crippen LogP contribution in [0.3, 0.4) is 0 Å². The minimum atomic E-state index is -0.260. The van der Waals surface area contributed by atoms with Crippen LogP contribution in [0.5, 0.6) is 5.75 Å². The zero-order valence-electron chi connectivity index (χ0n) is 39.1. The van der Waals surface area contributed by atoms with Gasteiger partial charge in [0.1, 0.15) is 11.4 Å². The van der Waals surface area contributed by atoms with Crippen LogP contribution in [0.4, 0.5) is 11.4 Å². The Hall–Kier alpha value is -6.32. The van der Waals surface area contributed by atoms with Gasteiger partial charge in [-0.25, -0.2) is 0 Å². The van der Waals surface area contributed by atoms with E-state index in [0.717, 1.165) is 24.3 Å². The van der Waals surface area contributed by atoms with Crippen molar-refractivity contribution >= 4 is 28.4 Å². The Balaban J connectivity index is 1.06. The zero-order valence-corrected chi connectivity index (χ0v) is 39.1. The number of nitrogens with zero attached hydrogens (tertiary/aromatic N) is 2. The molecule has 6 aromatic carbocycles. The van der Waals surface area contributed by atoms with Gasteiger partial charge in [0.15, 0.2) is 0 Å². The van der Waals surface area contributed by atoms with Crippen LogP contribution in [0.15, 0.2) is 176 Å². The van der Waals surface area contributed by atoms with Gasteiger partial charge in [-0.15, -0.1) is 0 Å². The van der Waals surface area contributed by atoms with E-state index >= 15 is 0 Å². The van der Waals surface area contributed by atoms with E-state index in [1.54, 1.807) is 0 Å². The predicted octanol–water partition coefficient (Wildman–Crippen LogP) is 16.7. The molecule has 0 saturated heterocycles. The standard InChI is InChI=1S/C61H64N2O/c1-42(2)39-57(60(3,4)5)47-21-19-45(20-22-47)48-27-37-58-55(40-48)56-41-49(28-38-59(56)63(58)53-33-35-54(36-34-53)64-61(6,7)8)46-25-31-52(32-26-46)62(50-17-13-10-14-18-50)51-29-23-44(24-30-51)43-15-11-9-12-16-43/h9-17,19-38,40,42,49-50,57H,18,39,41H2,1-8H3. The summed E-state index contributed by atoms with van der Waals surface area (Å²) in [7, 11) is 0. The number of ether oxygens (including phenoxy) is 1. The Morgan fingerprint density at radius 1 is 0.656 bits per heavy atom. The topological polar surface area (TPSA) is 17.4 Å². The largest absolute Gasteiger partial charge is 0.488 e. The summed E-state index contributed by atoms with van der Waals surface area (Å²) in [4.78, 5) is 2.49. The third-order valence-corrected chi connectivity index (χ3v) is 13.1. The van der Waals surface area contributed by atoms with Crippen LogP contribution >= 0.6 is 0 Å². The second-order valence-electron chi connectivity index (χ2n) is 20.5. The number of hydrogen-bond acceptors (Lipinski definition) is 2. The summed E-state index contributed by atoms with van der Waals surface area (Å²) >= 11 is 0. The van der Waals surface area contributed by atoms with Crippen molar-refractivity contribution in [2.45, 2.75) is 98.1 Å². The van der Waals surface area contributed by atoms with Gasteiger partial charge in [-0.05, 0) is 163 Å².